The number of rotatable bonds is 4. The fraction of sp³-hybridized carbons (Fsp3) is 0.190. The number of fused-ring (bicyclic) bond motifs is 1. The summed E-state index contributed by atoms with van der Waals surface area (Å²) in [7, 11) is 0. The van der Waals surface area contributed by atoms with Gasteiger partial charge >= 0.3 is 0 Å². The minimum atomic E-state index is -0.186. The maximum absolute atomic E-state index is 12.8. The number of carbonyl (C=O) groups excluding carboxylic acids is 2. The first-order valence-electron chi connectivity index (χ1n) is 8.96. The molecule has 142 valence electrons. The molecule has 1 N–H and O–H groups in total. The van der Waals surface area contributed by atoms with Crippen LogP contribution in [0, 0.1) is 13.8 Å². The molecule has 6 nitrogen and oxygen atoms in total. The van der Waals surface area contributed by atoms with Gasteiger partial charge in [0.15, 0.2) is 5.16 Å². The summed E-state index contributed by atoms with van der Waals surface area (Å²) < 4.78 is 1.97. The van der Waals surface area contributed by atoms with E-state index >= 15 is 0 Å². The lowest BCUT2D eigenvalue weighted by molar-refractivity contribution is -0.120. The number of amides is 2. The van der Waals surface area contributed by atoms with Gasteiger partial charge in [0, 0.05) is 18.1 Å². The van der Waals surface area contributed by atoms with Crippen LogP contribution in [0.2, 0.25) is 0 Å². The van der Waals surface area contributed by atoms with Crippen molar-refractivity contribution in [3.8, 4) is 5.69 Å². The topological polar surface area (TPSA) is 67.2 Å². The Labute approximate surface area is 167 Å². The second-order valence-electron chi connectivity index (χ2n) is 6.68. The summed E-state index contributed by atoms with van der Waals surface area (Å²) in [6.45, 7) is 4.18. The number of hydrogen-bond donors (Lipinski definition) is 1. The van der Waals surface area contributed by atoms with Crippen LogP contribution in [0.4, 0.5) is 11.4 Å². The smallest absolute Gasteiger partial charge is 0.244 e. The minimum Gasteiger partial charge on any atom is -0.323 e. The first-order chi connectivity index (χ1) is 13.5. The van der Waals surface area contributed by atoms with Gasteiger partial charge in [0.25, 0.3) is 0 Å². The van der Waals surface area contributed by atoms with Gasteiger partial charge in [-0.15, -0.1) is 0 Å². The molecular weight excluding hydrogens is 372 g/mol. The summed E-state index contributed by atoms with van der Waals surface area (Å²) in [6, 6.07) is 13.6. The van der Waals surface area contributed by atoms with Crippen molar-refractivity contribution in [2.45, 2.75) is 19.0 Å². The van der Waals surface area contributed by atoms with Crippen LogP contribution in [-0.4, -0.2) is 33.7 Å². The van der Waals surface area contributed by atoms with Crippen LogP contribution in [0.25, 0.3) is 5.69 Å². The second-order valence-corrected chi connectivity index (χ2v) is 7.62. The summed E-state index contributed by atoms with van der Waals surface area (Å²) in [5.41, 5.74) is 4.83. The first-order valence-corrected chi connectivity index (χ1v) is 9.94. The lowest BCUT2D eigenvalue weighted by Gasteiger charge is -2.29. The van der Waals surface area contributed by atoms with Crippen molar-refractivity contribution in [3.05, 3.63) is 66.0 Å². The Morgan fingerprint density at radius 3 is 2.82 bits per heavy atom. The molecule has 3 aromatic rings. The molecule has 4 rings (SSSR count). The Balaban J connectivity index is 1.52. The highest BCUT2D eigenvalue weighted by Crippen LogP contribution is 2.30. The Hall–Kier alpha value is -3.06. The van der Waals surface area contributed by atoms with Crippen LogP contribution in [0.1, 0.15) is 11.1 Å². The van der Waals surface area contributed by atoms with Gasteiger partial charge in [-0.1, -0.05) is 30.0 Å². The minimum absolute atomic E-state index is 0.0298. The zero-order valence-electron chi connectivity index (χ0n) is 15.7. The molecule has 0 fully saturated rings. The van der Waals surface area contributed by atoms with Gasteiger partial charge in [0.2, 0.25) is 11.8 Å². The summed E-state index contributed by atoms with van der Waals surface area (Å²) in [4.78, 5) is 30.7. The van der Waals surface area contributed by atoms with Crippen molar-refractivity contribution in [1.29, 1.82) is 0 Å². The molecule has 0 aliphatic carbocycles. The molecule has 1 aromatic heterocycles. The molecule has 0 saturated carbocycles. The zero-order chi connectivity index (χ0) is 19.7. The van der Waals surface area contributed by atoms with Crippen LogP contribution in [-0.2, 0) is 9.59 Å². The molecule has 1 aliphatic heterocycles. The lowest BCUT2D eigenvalue weighted by atomic mass is 10.1. The Morgan fingerprint density at radius 1 is 1.18 bits per heavy atom. The number of thioether (sulfide) groups is 1. The summed E-state index contributed by atoms with van der Waals surface area (Å²) >= 11 is 1.37. The van der Waals surface area contributed by atoms with E-state index in [1.807, 2.05) is 35.0 Å². The molecule has 1 aliphatic rings. The average molecular weight is 392 g/mol. The third kappa shape index (κ3) is 3.53. The lowest BCUT2D eigenvalue weighted by Crippen LogP contribution is -2.43. The average Bonchev–Trinajstić information content (AvgIpc) is 3.16. The maximum atomic E-state index is 12.8. The van der Waals surface area contributed by atoms with Gasteiger partial charge < -0.3 is 10.2 Å². The van der Waals surface area contributed by atoms with Gasteiger partial charge in [-0.25, -0.2) is 4.98 Å². The Bertz CT molecular complexity index is 1060. The van der Waals surface area contributed by atoms with Crippen molar-refractivity contribution < 1.29 is 9.59 Å². The summed E-state index contributed by atoms with van der Waals surface area (Å²) in [5, 5.41) is 3.54. The maximum Gasteiger partial charge on any atom is 0.244 e. The highest BCUT2D eigenvalue weighted by molar-refractivity contribution is 7.99. The molecular formula is C21H20N4O2S. The van der Waals surface area contributed by atoms with Crippen molar-refractivity contribution in [2.24, 2.45) is 0 Å². The highest BCUT2D eigenvalue weighted by Gasteiger charge is 2.26. The first kappa shape index (κ1) is 18.3. The van der Waals surface area contributed by atoms with Crippen LogP contribution >= 0.6 is 11.8 Å². The van der Waals surface area contributed by atoms with Crippen molar-refractivity contribution >= 4 is 35.0 Å². The number of nitrogens with one attached hydrogen (secondary N) is 1. The number of hydrogen-bond acceptors (Lipinski definition) is 4. The fourth-order valence-corrected chi connectivity index (χ4v) is 3.98. The number of benzene rings is 2. The molecule has 2 aromatic carbocycles. The molecule has 28 heavy (non-hydrogen) atoms. The SMILES string of the molecule is Cc1ccc(-n2ccnc2SCC(=O)N2CC(=O)Nc3ccccc32)cc1C. The third-order valence-electron chi connectivity index (χ3n) is 4.77. The summed E-state index contributed by atoms with van der Waals surface area (Å²) in [6.07, 6.45) is 3.62. The van der Waals surface area contributed by atoms with E-state index in [4.69, 9.17) is 0 Å². The van der Waals surface area contributed by atoms with Gasteiger partial charge in [-0.2, -0.15) is 0 Å². The van der Waals surface area contributed by atoms with E-state index in [1.165, 1.54) is 27.8 Å². The number of anilines is 2. The molecule has 0 radical (unpaired) electrons. The number of carbonyl (C=O) groups is 2. The molecule has 0 unspecified atom stereocenters. The van der Waals surface area contributed by atoms with E-state index < -0.39 is 0 Å². The van der Waals surface area contributed by atoms with E-state index in [2.05, 4.69) is 36.3 Å². The second kappa shape index (κ2) is 7.52. The quantitative estimate of drug-likeness (QED) is 0.690. The van der Waals surface area contributed by atoms with Crippen LogP contribution < -0.4 is 10.2 Å². The number of nitrogens with zero attached hydrogens (tertiary/aromatic N) is 3. The Morgan fingerprint density at radius 2 is 2.00 bits per heavy atom. The van der Waals surface area contributed by atoms with Gasteiger partial charge in [-0.3, -0.25) is 14.2 Å². The zero-order valence-corrected chi connectivity index (χ0v) is 16.5. The van der Waals surface area contributed by atoms with Gasteiger partial charge in [0.1, 0.15) is 6.54 Å². The molecule has 0 atom stereocenters. The normalized spacial score (nSPS) is 13.2. The van der Waals surface area contributed by atoms with E-state index in [-0.39, 0.29) is 24.1 Å². The van der Waals surface area contributed by atoms with Crippen LogP contribution in [0.3, 0.4) is 0 Å². The molecule has 0 bridgehead atoms. The van der Waals surface area contributed by atoms with E-state index in [1.54, 1.807) is 12.3 Å². The van der Waals surface area contributed by atoms with Crippen molar-refractivity contribution in [3.63, 3.8) is 0 Å². The predicted octanol–water partition coefficient (Wildman–Crippen LogP) is 3.57. The molecule has 7 heteroatoms. The van der Waals surface area contributed by atoms with Gasteiger partial charge in [0.05, 0.1) is 17.1 Å². The number of imidazole rings is 1. The molecule has 0 saturated heterocycles. The predicted molar refractivity (Wildman–Crippen MR) is 111 cm³/mol. The molecule has 2 amide bonds. The fourth-order valence-electron chi connectivity index (χ4n) is 3.13. The van der Waals surface area contributed by atoms with Crippen LogP contribution in [0.15, 0.2) is 60.0 Å². The highest BCUT2D eigenvalue weighted by atomic mass is 32.2. The number of aryl methyl sites for hydroxylation is 2. The number of para-hydroxylation sites is 2. The largest absolute Gasteiger partial charge is 0.323 e. The molecule has 0 spiro atoms. The monoisotopic (exact) mass is 392 g/mol. The third-order valence-corrected chi connectivity index (χ3v) is 5.72. The van der Waals surface area contributed by atoms with E-state index in [0.717, 1.165) is 16.5 Å². The standard InChI is InChI=1S/C21H20N4O2S/c1-14-7-8-16(11-15(14)2)24-10-9-22-21(24)28-13-20(27)25-12-19(26)23-17-5-3-4-6-18(17)25/h3-11H,12-13H2,1-2H3,(H,23,26). The van der Waals surface area contributed by atoms with Crippen molar-refractivity contribution in [2.75, 3.05) is 22.5 Å². The van der Waals surface area contributed by atoms with E-state index in [9.17, 15) is 9.59 Å². The Kier molecular flexibility index (Phi) is 4.92. The van der Waals surface area contributed by atoms with Crippen molar-refractivity contribution in [1.82, 2.24) is 9.55 Å². The summed E-state index contributed by atoms with van der Waals surface area (Å²) in [5.74, 6) is -0.112. The van der Waals surface area contributed by atoms with Gasteiger partial charge in [-0.05, 0) is 49.2 Å². The number of aromatic nitrogens is 2. The van der Waals surface area contributed by atoms with Crippen LogP contribution in [0.5, 0.6) is 0 Å². The molecule has 2 heterocycles. The van der Waals surface area contributed by atoms with E-state index in [0.29, 0.717) is 5.69 Å².